The maximum atomic E-state index is 10.7. The molecule has 1 rings (SSSR count). The Labute approximate surface area is 121 Å². The fourth-order valence-corrected chi connectivity index (χ4v) is 1.90. The Kier molecular flexibility index (Phi) is 6.48. The number of nitrogens with zero attached hydrogens (tertiary/aromatic N) is 3. The maximum absolute atomic E-state index is 10.7. The van der Waals surface area contributed by atoms with Crippen molar-refractivity contribution in [3.63, 3.8) is 0 Å². The third kappa shape index (κ3) is 4.96. The summed E-state index contributed by atoms with van der Waals surface area (Å²) in [5.41, 5.74) is 8.96. The van der Waals surface area contributed by atoms with E-state index in [9.17, 15) is 15.0 Å². The number of aliphatic hydroxyl groups excluding tert-OH is 2. The Morgan fingerprint density at radius 2 is 2.19 bits per heavy atom. The van der Waals surface area contributed by atoms with Crippen LogP contribution in [-0.2, 0) is 11.2 Å². The molecule has 1 aromatic carbocycles. The fraction of sp³-hybridized carbons (Fsp3) is 0.462. The van der Waals surface area contributed by atoms with Gasteiger partial charge in [-0.3, -0.25) is 4.79 Å². The molecule has 114 valence electrons. The summed E-state index contributed by atoms with van der Waals surface area (Å²) >= 11 is 0. The van der Waals surface area contributed by atoms with Crippen LogP contribution in [0, 0.1) is 0 Å². The van der Waals surface area contributed by atoms with E-state index in [1.165, 1.54) is 19.2 Å². The molecule has 2 atom stereocenters. The molecule has 0 aromatic heterocycles. The third-order valence-electron chi connectivity index (χ3n) is 2.92. The van der Waals surface area contributed by atoms with Crippen LogP contribution < -0.4 is 4.74 Å². The van der Waals surface area contributed by atoms with Crippen LogP contribution in [0.4, 0.5) is 0 Å². The van der Waals surface area contributed by atoms with Crippen molar-refractivity contribution in [3.05, 3.63) is 39.8 Å². The first-order valence-corrected chi connectivity index (χ1v) is 6.25. The molecule has 0 amide bonds. The lowest BCUT2D eigenvalue weighted by Gasteiger charge is -2.20. The van der Waals surface area contributed by atoms with Gasteiger partial charge in [0.05, 0.1) is 19.6 Å². The van der Waals surface area contributed by atoms with E-state index in [1.54, 1.807) is 6.07 Å². The number of carboxylic acid groups (broad SMARTS) is 1. The van der Waals surface area contributed by atoms with E-state index in [1.807, 2.05) is 0 Å². The van der Waals surface area contributed by atoms with Crippen LogP contribution in [0.1, 0.15) is 23.7 Å². The molecular weight excluding hydrogens is 278 g/mol. The summed E-state index contributed by atoms with van der Waals surface area (Å²) in [4.78, 5) is 13.3. The zero-order valence-corrected chi connectivity index (χ0v) is 11.5. The van der Waals surface area contributed by atoms with E-state index in [0.717, 1.165) is 0 Å². The number of aliphatic carboxylic acids is 1. The topological polar surface area (TPSA) is 136 Å². The number of azide groups is 1. The normalized spacial score (nSPS) is 13.1. The van der Waals surface area contributed by atoms with Gasteiger partial charge >= 0.3 is 5.97 Å². The smallest absolute Gasteiger partial charge is 0.307 e. The van der Waals surface area contributed by atoms with Crippen LogP contribution in [0.15, 0.2) is 23.3 Å². The molecule has 0 aliphatic heterocycles. The van der Waals surface area contributed by atoms with Crippen molar-refractivity contribution >= 4 is 5.97 Å². The highest BCUT2D eigenvalue weighted by Crippen LogP contribution is 2.29. The molecule has 0 saturated heterocycles. The zero-order valence-electron chi connectivity index (χ0n) is 11.5. The molecule has 0 radical (unpaired) electrons. The molecule has 0 heterocycles. The summed E-state index contributed by atoms with van der Waals surface area (Å²) in [5, 5.41) is 32.1. The van der Waals surface area contributed by atoms with Crippen LogP contribution in [0.3, 0.4) is 0 Å². The Balaban J connectivity index is 2.96. The number of rotatable bonds is 8. The molecule has 8 heteroatoms. The average Bonchev–Trinajstić information content (AvgIpc) is 2.46. The predicted molar refractivity (Wildman–Crippen MR) is 73.9 cm³/mol. The van der Waals surface area contributed by atoms with Crippen molar-refractivity contribution in [2.75, 3.05) is 13.7 Å². The third-order valence-corrected chi connectivity index (χ3v) is 2.92. The van der Waals surface area contributed by atoms with Crippen molar-refractivity contribution in [2.45, 2.75) is 25.0 Å². The van der Waals surface area contributed by atoms with E-state index in [0.29, 0.717) is 16.9 Å². The van der Waals surface area contributed by atoms with Crippen LogP contribution >= 0.6 is 0 Å². The van der Waals surface area contributed by atoms with Crippen LogP contribution in [-0.4, -0.2) is 41.0 Å². The van der Waals surface area contributed by atoms with Gasteiger partial charge in [-0.25, -0.2) is 0 Å². The van der Waals surface area contributed by atoms with E-state index < -0.39 is 18.2 Å². The summed E-state index contributed by atoms with van der Waals surface area (Å²) in [6.07, 6.45) is -2.53. The molecule has 1 aromatic rings. The monoisotopic (exact) mass is 295 g/mol. The Morgan fingerprint density at radius 1 is 1.48 bits per heavy atom. The minimum Gasteiger partial charge on any atom is -0.496 e. The van der Waals surface area contributed by atoms with Gasteiger partial charge in [-0.05, 0) is 29.6 Å². The van der Waals surface area contributed by atoms with Crippen LogP contribution in [0.5, 0.6) is 5.75 Å². The van der Waals surface area contributed by atoms with Crippen molar-refractivity contribution in [1.82, 2.24) is 0 Å². The van der Waals surface area contributed by atoms with Crippen molar-refractivity contribution in [2.24, 2.45) is 5.11 Å². The largest absolute Gasteiger partial charge is 0.496 e. The number of aliphatic hydroxyl groups is 2. The van der Waals surface area contributed by atoms with Crippen molar-refractivity contribution < 1.29 is 24.9 Å². The second kappa shape index (κ2) is 8.11. The van der Waals surface area contributed by atoms with Crippen LogP contribution in [0.25, 0.3) is 10.4 Å². The van der Waals surface area contributed by atoms with Gasteiger partial charge < -0.3 is 20.1 Å². The highest BCUT2D eigenvalue weighted by atomic mass is 16.5. The minimum absolute atomic E-state index is 0.0475. The van der Waals surface area contributed by atoms with Gasteiger partial charge in [0, 0.05) is 17.0 Å². The van der Waals surface area contributed by atoms with E-state index in [4.69, 9.17) is 15.4 Å². The van der Waals surface area contributed by atoms with Gasteiger partial charge in [0.15, 0.2) is 0 Å². The first-order chi connectivity index (χ1) is 9.99. The first kappa shape index (κ1) is 16.8. The second-order valence-electron chi connectivity index (χ2n) is 4.40. The number of methoxy groups -OCH3 is 1. The minimum atomic E-state index is -1.26. The fourth-order valence-electron chi connectivity index (χ4n) is 1.90. The summed E-state index contributed by atoms with van der Waals surface area (Å²) in [5.74, 6) is -0.649. The standard InChI is InChI=1S/C13H17N3O5/c1-21-11-3-2-8(7-12(18)19)6-9(11)13(20)10(17)4-5-15-16-14/h2-3,6,10,13,17,20H,4-5,7H2,1H3,(H,18,19). The van der Waals surface area contributed by atoms with Gasteiger partial charge in [-0.2, -0.15) is 0 Å². The van der Waals surface area contributed by atoms with E-state index in [2.05, 4.69) is 10.0 Å². The molecule has 0 bridgehead atoms. The van der Waals surface area contributed by atoms with Crippen LogP contribution in [0.2, 0.25) is 0 Å². The number of hydrogen-bond acceptors (Lipinski definition) is 5. The molecule has 0 aliphatic carbocycles. The van der Waals surface area contributed by atoms with Gasteiger partial charge in [-0.1, -0.05) is 11.2 Å². The predicted octanol–water partition coefficient (Wildman–Crippen LogP) is 1.42. The molecule has 2 unspecified atom stereocenters. The summed E-state index contributed by atoms with van der Waals surface area (Å²) < 4.78 is 5.10. The summed E-state index contributed by atoms with van der Waals surface area (Å²) in [6, 6.07) is 4.60. The highest BCUT2D eigenvalue weighted by molar-refractivity contribution is 5.70. The maximum Gasteiger partial charge on any atom is 0.307 e. The van der Waals surface area contributed by atoms with Crippen molar-refractivity contribution in [3.8, 4) is 5.75 Å². The summed E-state index contributed by atoms with van der Waals surface area (Å²) in [6.45, 7) is 0.0475. The Hall–Kier alpha value is -2.28. The van der Waals surface area contributed by atoms with Crippen molar-refractivity contribution in [1.29, 1.82) is 0 Å². The van der Waals surface area contributed by atoms with E-state index in [-0.39, 0.29) is 19.4 Å². The van der Waals surface area contributed by atoms with Gasteiger partial charge in [-0.15, -0.1) is 0 Å². The molecule has 0 spiro atoms. The SMILES string of the molecule is COc1ccc(CC(=O)O)cc1C(O)C(O)CCN=[N+]=[N-]. The lowest BCUT2D eigenvalue weighted by atomic mass is 9.98. The lowest BCUT2D eigenvalue weighted by Crippen LogP contribution is -2.20. The van der Waals surface area contributed by atoms with Gasteiger partial charge in [0.1, 0.15) is 11.9 Å². The number of ether oxygens (including phenoxy) is 1. The number of hydrogen-bond donors (Lipinski definition) is 3. The average molecular weight is 295 g/mol. The van der Waals surface area contributed by atoms with Gasteiger partial charge in [0.25, 0.3) is 0 Å². The first-order valence-electron chi connectivity index (χ1n) is 6.25. The molecular formula is C13H17N3O5. The molecule has 0 aliphatic rings. The molecule has 21 heavy (non-hydrogen) atoms. The quantitative estimate of drug-likeness (QED) is 0.378. The number of benzene rings is 1. The molecule has 0 saturated carbocycles. The lowest BCUT2D eigenvalue weighted by molar-refractivity contribution is -0.136. The Bertz CT molecular complexity index is 543. The number of carbonyl (C=O) groups is 1. The second-order valence-corrected chi connectivity index (χ2v) is 4.40. The number of carboxylic acids is 1. The zero-order chi connectivity index (χ0) is 15.8. The molecule has 3 N–H and O–H groups in total. The van der Waals surface area contributed by atoms with Gasteiger partial charge in [0.2, 0.25) is 0 Å². The molecule has 8 nitrogen and oxygen atoms in total. The summed E-state index contributed by atoms with van der Waals surface area (Å²) in [7, 11) is 1.41. The highest BCUT2D eigenvalue weighted by Gasteiger charge is 2.22. The molecule has 0 fully saturated rings. The van der Waals surface area contributed by atoms with E-state index >= 15 is 0 Å². The Morgan fingerprint density at radius 3 is 2.76 bits per heavy atom.